The maximum Gasteiger partial charge on any atom is 0.205 e. The van der Waals surface area contributed by atoms with Crippen molar-refractivity contribution < 1.29 is 0 Å². The summed E-state index contributed by atoms with van der Waals surface area (Å²) >= 11 is 1.40. The topological polar surface area (TPSA) is 102 Å². The Hall–Kier alpha value is -2.22. The lowest BCUT2D eigenvalue weighted by Gasteiger charge is -2.20. The summed E-state index contributed by atoms with van der Waals surface area (Å²) in [5, 5.41) is 12.2. The lowest BCUT2D eigenvalue weighted by molar-refractivity contribution is 0.445. The van der Waals surface area contributed by atoms with Gasteiger partial charge in [-0.3, -0.25) is 15.8 Å². The Kier molecular flexibility index (Phi) is 5.04. The zero-order chi connectivity index (χ0) is 15.2. The third-order valence-corrected chi connectivity index (χ3v) is 3.25. The predicted molar refractivity (Wildman–Crippen MR) is 88.7 cm³/mol. The van der Waals surface area contributed by atoms with Gasteiger partial charge in [0, 0.05) is 23.6 Å². The van der Waals surface area contributed by atoms with Gasteiger partial charge in [-0.15, -0.1) is 0 Å². The van der Waals surface area contributed by atoms with Crippen LogP contribution in [-0.4, -0.2) is 35.1 Å². The van der Waals surface area contributed by atoms with Crippen molar-refractivity contribution >= 4 is 35.8 Å². The standard InChI is InChI=1S/C13H19N7S/c1-9(2)16-7-17-11-5-3-4-10(6-11)12-19-21-8-20(12)18-13(14)15/h3-7,9H,8H2,1-2H3,(H,16,17)(H4,14,15,18). The van der Waals surface area contributed by atoms with Gasteiger partial charge in [0.2, 0.25) is 5.96 Å². The molecule has 1 aliphatic rings. The molecule has 112 valence electrons. The maximum atomic E-state index is 7.31. The van der Waals surface area contributed by atoms with E-state index in [2.05, 4.69) is 34.0 Å². The molecule has 1 aromatic rings. The molecule has 0 amide bonds. The number of aliphatic imine (C=N–C) groups is 1. The van der Waals surface area contributed by atoms with Gasteiger partial charge in [0.05, 0.1) is 12.0 Å². The third kappa shape index (κ3) is 4.38. The molecular weight excluding hydrogens is 286 g/mol. The number of nitrogens with zero attached hydrogens (tertiary/aromatic N) is 3. The van der Waals surface area contributed by atoms with Crippen LogP contribution in [0.2, 0.25) is 0 Å². The van der Waals surface area contributed by atoms with Gasteiger partial charge in [0.15, 0.2) is 5.84 Å². The highest BCUT2D eigenvalue weighted by Crippen LogP contribution is 2.22. The molecular formula is C13H19N7S. The van der Waals surface area contributed by atoms with Crippen LogP contribution in [0.25, 0.3) is 0 Å². The van der Waals surface area contributed by atoms with Crippen LogP contribution in [0, 0.1) is 5.41 Å². The van der Waals surface area contributed by atoms with Crippen LogP contribution < -0.4 is 16.5 Å². The second-order valence-electron chi connectivity index (χ2n) is 4.76. The van der Waals surface area contributed by atoms with E-state index < -0.39 is 0 Å². The number of hydrogen-bond donors (Lipinski definition) is 4. The average molecular weight is 305 g/mol. The molecule has 1 aromatic carbocycles. The Labute approximate surface area is 128 Å². The number of guanidine groups is 1. The van der Waals surface area contributed by atoms with Crippen LogP contribution in [0.3, 0.4) is 0 Å². The number of amidine groups is 1. The minimum atomic E-state index is -0.111. The summed E-state index contributed by atoms with van der Waals surface area (Å²) in [7, 11) is 0. The molecule has 0 spiro atoms. The van der Waals surface area contributed by atoms with E-state index in [0.29, 0.717) is 11.9 Å². The van der Waals surface area contributed by atoms with Gasteiger partial charge in [-0.2, -0.15) is 4.40 Å². The van der Waals surface area contributed by atoms with Gasteiger partial charge in [0.1, 0.15) is 5.88 Å². The first-order valence-electron chi connectivity index (χ1n) is 6.53. The van der Waals surface area contributed by atoms with E-state index in [1.165, 1.54) is 11.9 Å². The molecule has 8 heteroatoms. The average Bonchev–Trinajstić information content (AvgIpc) is 2.86. The monoisotopic (exact) mass is 305 g/mol. The Bertz CT molecular complexity index is 567. The quantitative estimate of drug-likeness (QED) is 0.374. The molecule has 1 heterocycles. The van der Waals surface area contributed by atoms with Gasteiger partial charge >= 0.3 is 0 Å². The smallest absolute Gasteiger partial charge is 0.205 e. The second-order valence-corrected chi connectivity index (χ2v) is 5.46. The highest BCUT2D eigenvalue weighted by atomic mass is 32.2. The van der Waals surface area contributed by atoms with E-state index in [1.54, 1.807) is 11.3 Å². The van der Waals surface area contributed by atoms with Crippen molar-refractivity contribution in [2.45, 2.75) is 19.9 Å². The molecule has 0 saturated heterocycles. The molecule has 0 aliphatic carbocycles. The summed E-state index contributed by atoms with van der Waals surface area (Å²) in [6, 6.07) is 8.09. The molecule has 0 aromatic heterocycles. The first kappa shape index (κ1) is 15.2. The molecule has 0 radical (unpaired) electrons. The predicted octanol–water partition coefficient (Wildman–Crippen LogP) is 1.41. The molecule has 7 nitrogen and oxygen atoms in total. The van der Waals surface area contributed by atoms with Gasteiger partial charge < -0.3 is 11.1 Å². The van der Waals surface area contributed by atoms with Crippen molar-refractivity contribution in [3.05, 3.63) is 29.8 Å². The van der Waals surface area contributed by atoms with Crippen LogP contribution in [0.5, 0.6) is 0 Å². The first-order valence-corrected chi connectivity index (χ1v) is 7.47. The van der Waals surface area contributed by atoms with Crippen molar-refractivity contribution in [2.75, 3.05) is 5.88 Å². The summed E-state index contributed by atoms with van der Waals surface area (Å²) in [6.45, 7) is 4.11. The van der Waals surface area contributed by atoms with Gasteiger partial charge in [-0.1, -0.05) is 12.1 Å². The van der Waals surface area contributed by atoms with E-state index in [0.717, 1.165) is 17.1 Å². The number of nitrogens with one attached hydrogen (secondary N) is 3. The zero-order valence-electron chi connectivity index (χ0n) is 12.0. The second kappa shape index (κ2) is 6.98. The molecule has 0 atom stereocenters. The van der Waals surface area contributed by atoms with Gasteiger partial charge in [0.25, 0.3) is 0 Å². The third-order valence-electron chi connectivity index (χ3n) is 2.57. The summed E-state index contributed by atoms with van der Waals surface area (Å²) in [4.78, 5) is 4.36. The number of nitrogens with two attached hydrogens (primary N) is 1. The largest absolute Gasteiger partial charge is 0.374 e. The fourth-order valence-electron chi connectivity index (χ4n) is 1.68. The summed E-state index contributed by atoms with van der Waals surface area (Å²) < 4.78 is 4.37. The highest BCUT2D eigenvalue weighted by Gasteiger charge is 2.20. The van der Waals surface area contributed by atoms with Gasteiger partial charge in [-0.25, -0.2) is 4.99 Å². The zero-order valence-corrected chi connectivity index (χ0v) is 12.8. The normalized spacial score (nSPS) is 14.6. The molecule has 0 unspecified atom stereocenters. The Morgan fingerprint density at radius 1 is 1.57 bits per heavy atom. The molecule has 21 heavy (non-hydrogen) atoms. The van der Waals surface area contributed by atoms with Crippen LogP contribution in [0.15, 0.2) is 33.7 Å². The fourth-order valence-corrected chi connectivity index (χ4v) is 2.37. The van der Waals surface area contributed by atoms with Crippen LogP contribution in [0.4, 0.5) is 5.69 Å². The SMILES string of the molecule is CC(C)N/C=N/c1cccc(C2=NSCN2NC(=N)N)c1. The van der Waals surface area contributed by atoms with Crippen molar-refractivity contribution in [1.29, 1.82) is 5.41 Å². The fraction of sp³-hybridized carbons (Fsp3) is 0.308. The minimum absolute atomic E-state index is 0.111. The molecule has 0 fully saturated rings. The number of hydrogen-bond acceptors (Lipinski definition) is 5. The first-order chi connectivity index (χ1) is 10.1. The van der Waals surface area contributed by atoms with Crippen LogP contribution in [0.1, 0.15) is 19.4 Å². The van der Waals surface area contributed by atoms with E-state index in [9.17, 15) is 0 Å². The minimum Gasteiger partial charge on any atom is -0.374 e. The van der Waals surface area contributed by atoms with E-state index in [1.807, 2.05) is 24.3 Å². The number of rotatable bonds is 5. The molecule has 0 saturated carbocycles. The van der Waals surface area contributed by atoms with Crippen molar-refractivity contribution in [1.82, 2.24) is 15.8 Å². The number of hydrazine groups is 1. The molecule has 2 rings (SSSR count). The lowest BCUT2D eigenvalue weighted by atomic mass is 10.2. The van der Waals surface area contributed by atoms with E-state index >= 15 is 0 Å². The Morgan fingerprint density at radius 2 is 2.38 bits per heavy atom. The summed E-state index contributed by atoms with van der Waals surface area (Å²) in [6.07, 6.45) is 1.70. The molecule has 5 N–H and O–H groups in total. The Balaban J connectivity index is 2.13. The number of benzene rings is 1. The van der Waals surface area contributed by atoms with Crippen LogP contribution in [-0.2, 0) is 0 Å². The van der Waals surface area contributed by atoms with Crippen molar-refractivity contribution in [3.63, 3.8) is 0 Å². The Morgan fingerprint density at radius 3 is 3.10 bits per heavy atom. The molecule has 1 aliphatic heterocycles. The highest BCUT2D eigenvalue weighted by molar-refractivity contribution is 7.98. The lowest BCUT2D eigenvalue weighted by Crippen LogP contribution is -2.47. The summed E-state index contributed by atoms with van der Waals surface area (Å²) in [5.41, 5.74) is 9.89. The maximum absolute atomic E-state index is 7.31. The van der Waals surface area contributed by atoms with Crippen molar-refractivity contribution in [2.24, 2.45) is 15.1 Å². The molecule has 0 bridgehead atoms. The van der Waals surface area contributed by atoms with Crippen molar-refractivity contribution in [3.8, 4) is 0 Å². The van der Waals surface area contributed by atoms with Crippen LogP contribution >= 0.6 is 11.9 Å². The van der Waals surface area contributed by atoms with Gasteiger partial charge in [-0.05, 0) is 26.0 Å². The van der Waals surface area contributed by atoms with E-state index in [-0.39, 0.29) is 5.96 Å². The van der Waals surface area contributed by atoms with E-state index in [4.69, 9.17) is 11.1 Å². The summed E-state index contributed by atoms with van der Waals surface area (Å²) in [5.74, 6) is 1.24.